The summed E-state index contributed by atoms with van der Waals surface area (Å²) in [5.74, 6) is -0.234. The summed E-state index contributed by atoms with van der Waals surface area (Å²) in [6.45, 7) is 3.63. The largest absolute Gasteiger partial charge is 0.326 e. The second kappa shape index (κ2) is 9.78. The van der Waals surface area contributed by atoms with Crippen molar-refractivity contribution in [3.63, 3.8) is 0 Å². The number of sulfonamides is 2. The van der Waals surface area contributed by atoms with Gasteiger partial charge >= 0.3 is 0 Å². The lowest BCUT2D eigenvalue weighted by Crippen LogP contribution is -2.44. The normalized spacial score (nSPS) is 18.1. The highest BCUT2D eigenvalue weighted by Gasteiger charge is 2.34. The molecule has 1 aromatic carbocycles. The van der Waals surface area contributed by atoms with Crippen molar-refractivity contribution in [1.29, 1.82) is 0 Å². The monoisotopic (exact) mass is 485 g/mol. The van der Waals surface area contributed by atoms with E-state index in [1.54, 1.807) is 36.6 Å². The second-order valence-electron chi connectivity index (χ2n) is 7.55. The molecule has 1 fully saturated rings. The highest BCUT2D eigenvalue weighted by atomic mass is 32.2. The molecule has 1 saturated heterocycles. The predicted molar refractivity (Wildman–Crippen MR) is 121 cm³/mol. The van der Waals surface area contributed by atoms with E-state index in [1.807, 2.05) is 0 Å². The third-order valence-corrected chi connectivity index (χ3v) is 10.1. The van der Waals surface area contributed by atoms with Gasteiger partial charge in [-0.05, 0) is 61.4 Å². The first-order valence-corrected chi connectivity index (χ1v) is 13.8. The van der Waals surface area contributed by atoms with E-state index in [0.717, 1.165) is 12.8 Å². The Balaban J connectivity index is 1.67. The van der Waals surface area contributed by atoms with Crippen LogP contribution < -0.4 is 10.0 Å². The van der Waals surface area contributed by atoms with Crippen LogP contribution >= 0.6 is 11.3 Å². The molecule has 0 radical (unpaired) electrons. The molecule has 0 bridgehead atoms. The molecule has 2 aromatic rings. The minimum absolute atomic E-state index is 0.133. The Labute approximate surface area is 187 Å². The smallest absolute Gasteiger partial charge is 0.252 e. The maximum atomic E-state index is 13.0. The Morgan fingerprint density at radius 1 is 1.19 bits per heavy atom. The van der Waals surface area contributed by atoms with E-state index < -0.39 is 20.0 Å². The first-order chi connectivity index (χ1) is 14.6. The van der Waals surface area contributed by atoms with Crippen LogP contribution in [-0.2, 0) is 24.8 Å². The lowest BCUT2D eigenvalue weighted by atomic mass is 10.0. The van der Waals surface area contributed by atoms with E-state index >= 15 is 0 Å². The van der Waals surface area contributed by atoms with Gasteiger partial charge in [-0.25, -0.2) is 21.6 Å². The van der Waals surface area contributed by atoms with E-state index in [-0.39, 0.29) is 23.4 Å². The lowest BCUT2D eigenvalue weighted by Gasteiger charge is -2.34. The fourth-order valence-corrected chi connectivity index (χ4v) is 7.89. The summed E-state index contributed by atoms with van der Waals surface area (Å²) >= 11 is 1.19. The number of anilines is 1. The third-order valence-electron chi connectivity index (χ3n) is 5.19. The van der Waals surface area contributed by atoms with Crippen molar-refractivity contribution >= 4 is 43.0 Å². The fourth-order valence-electron chi connectivity index (χ4n) is 3.77. The average molecular weight is 486 g/mol. The Morgan fingerprint density at radius 3 is 2.61 bits per heavy atom. The molecule has 2 heterocycles. The van der Waals surface area contributed by atoms with Gasteiger partial charge in [-0.15, -0.1) is 11.3 Å². The van der Waals surface area contributed by atoms with Crippen molar-refractivity contribution in [3.05, 3.63) is 41.3 Å². The number of amides is 1. The summed E-state index contributed by atoms with van der Waals surface area (Å²) in [4.78, 5) is 11.3. The van der Waals surface area contributed by atoms with Gasteiger partial charge in [0.15, 0.2) is 0 Å². The molecule has 31 heavy (non-hydrogen) atoms. The van der Waals surface area contributed by atoms with Crippen LogP contribution in [0.3, 0.4) is 0 Å². The third kappa shape index (κ3) is 5.72. The summed E-state index contributed by atoms with van der Waals surface area (Å²) < 4.78 is 55.9. The Hall–Kier alpha value is -1.79. The number of nitrogens with zero attached hydrogens (tertiary/aromatic N) is 1. The topological polar surface area (TPSA) is 113 Å². The van der Waals surface area contributed by atoms with Gasteiger partial charge in [-0.3, -0.25) is 4.79 Å². The number of hydrogen-bond donors (Lipinski definition) is 2. The average Bonchev–Trinajstić information content (AvgIpc) is 3.23. The van der Waals surface area contributed by atoms with Gasteiger partial charge < -0.3 is 5.32 Å². The van der Waals surface area contributed by atoms with Crippen molar-refractivity contribution in [2.45, 2.75) is 54.7 Å². The van der Waals surface area contributed by atoms with Gasteiger partial charge in [0.2, 0.25) is 15.9 Å². The van der Waals surface area contributed by atoms with E-state index in [9.17, 15) is 21.6 Å². The molecule has 8 nitrogen and oxygen atoms in total. The van der Waals surface area contributed by atoms with Crippen LogP contribution in [0, 0.1) is 6.92 Å². The molecule has 1 unspecified atom stereocenters. The summed E-state index contributed by atoms with van der Waals surface area (Å²) in [6, 6.07) is 7.67. The number of aryl methyl sites for hydroxylation is 1. The van der Waals surface area contributed by atoms with Crippen molar-refractivity contribution < 1.29 is 21.6 Å². The van der Waals surface area contributed by atoms with E-state index in [4.69, 9.17) is 0 Å². The van der Waals surface area contributed by atoms with E-state index in [0.29, 0.717) is 34.8 Å². The molecule has 0 aliphatic carbocycles. The molecule has 1 atom stereocenters. The quantitative estimate of drug-likeness (QED) is 0.597. The van der Waals surface area contributed by atoms with Crippen LogP contribution in [0.5, 0.6) is 0 Å². The first-order valence-electron chi connectivity index (χ1n) is 10.0. The van der Waals surface area contributed by atoms with Crippen LogP contribution in [0.1, 0.15) is 38.2 Å². The van der Waals surface area contributed by atoms with Crippen molar-refractivity contribution in [2.24, 2.45) is 0 Å². The van der Waals surface area contributed by atoms with Crippen molar-refractivity contribution in [2.75, 3.05) is 18.4 Å². The minimum Gasteiger partial charge on any atom is -0.326 e. The van der Waals surface area contributed by atoms with Crippen LogP contribution in [-0.4, -0.2) is 46.2 Å². The molecule has 1 aliphatic heterocycles. The van der Waals surface area contributed by atoms with Gasteiger partial charge in [0.05, 0.1) is 4.90 Å². The standard InChI is InChI=1S/C20H27N3O5S3/c1-15-14-17(22-16(2)24)8-9-19(15)30(25,26)21-11-10-18-6-3-4-12-23(18)31(27,28)20-7-5-13-29-20/h5,7-9,13-14,18,21H,3-4,6,10-12H2,1-2H3,(H,22,24). The van der Waals surface area contributed by atoms with Gasteiger partial charge in [0.25, 0.3) is 10.0 Å². The molecular formula is C20H27N3O5S3. The number of hydrogen-bond acceptors (Lipinski definition) is 6. The number of nitrogens with one attached hydrogen (secondary N) is 2. The molecule has 170 valence electrons. The van der Waals surface area contributed by atoms with E-state index in [2.05, 4.69) is 10.0 Å². The number of rotatable bonds is 8. The SMILES string of the molecule is CC(=O)Nc1ccc(S(=O)(=O)NCCC2CCCCN2S(=O)(=O)c2cccs2)c(C)c1. The maximum absolute atomic E-state index is 13.0. The van der Waals surface area contributed by atoms with Crippen molar-refractivity contribution in [3.8, 4) is 0 Å². The van der Waals surface area contributed by atoms with E-state index in [1.165, 1.54) is 28.6 Å². The summed E-state index contributed by atoms with van der Waals surface area (Å²) in [5, 5.41) is 4.36. The molecule has 0 spiro atoms. The van der Waals surface area contributed by atoms with Crippen LogP contribution in [0.2, 0.25) is 0 Å². The lowest BCUT2D eigenvalue weighted by molar-refractivity contribution is -0.114. The fraction of sp³-hybridized carbons (Fsp3) is 0.450. The van der Waals surface area contributed by atoms with Crippen LogP contribution in [0.15, 0.2) is 44.8 Å². The van der Waals surface area contributed by atoms with Crippen LogP contribution in [0.25, 0.3) is 0 Å². The highest BCUT2D eigenvalue weighted by molar-refractivity contribution is 7.91. The van der Waals surface area contributed by atoms with Gasteiger partial charge in [0, 0.05) is 31.7 Å². The molecule has 1 amide bonds. The number of benzene rings is 1. The van der Waals surface area contributed by atoms with Crippen molar-refractivity contribution in [1.82, 2.24) is 9.03 Å². The van der Waals surface area contributed by atoms with Crippen LogP contribution in [0.4, 0.5) is 5.69 Å². The molecule has 1 aromatic heterocycles. The zero-order chi connectivity index (χ0) is 22.6. The first kappa shape index (κ1) is 23.9. The number of carbonyl (C=O) groups is 1. The molecule has 0 saturated carbocycles. The summed E-state index contributed by atoms with van der Waals surface area (Å²) in [6.07, 6.45) is 2.81. The van der Waals surface area contributed by atoms with Gasteiger partial charge in [-0.2, -0.15) is 4.31 Å². The number of piperidine rings is 1. The zero-order valence-corrected chi connectivity index (χ0v) is 19.9. The minimum atomic E-state index is -3.76. The highest BCUT2D eigenvalue weighted by Crippen LogP contribution is 2.29. The summed E-state index contributed by atoms with van der Waals surface area (Å²) in [7, 11) is -7.33. The molecule has 11 heteroatoms. The number of carbonyl (C=O) groups excluding carboxylic acids is 1. The Morgan fingerprint density at radius 2 is 1.97 bits per heavy atom. The molecular weight excluding hydrogens is 458 g/mol. The Kier molecular flexibility index (Phi) is 7.53. The number of thiophene rings is 1. The Bertz CT molecular complexity index is 1130. The van der Waals surface area contributed by atoms with Gasteiger partial charge in [-0.1, -0.05) is 12.5 Å². The zero-order valence-electron chi connectivity index (χ0n) is 17.5. The molecule has 2 N–H and O–H groups in total. The van der Waals surface area contributed by atoms with Gasteiger partial charge in [0.1, 0.15) is 4.21 Å². The molecule has 1 aliphatic rings. The maximum Gasteiger partial charge on any atom is 0.252 e. The summed E-state index contributed by atoms with van der Waals surface area (Å²) in [5.41, 5.74) is 1.04. The molecule has 3 rings (SSSR count). The predicted octanol–water partition coefficient (Wildman–Crippen LogP) is 2.93. The second-order valence-corrected chi connectivity index (χ2v) is 12.3.